The number of carbonyl (C=O) groups is 1. The highest BCUT2D eigenvalue weighted by molar-refractivity contribution is 5.88. The molecule has 0 unspecified atom stereocenters. The minimum Gasteiger partial charge on any atom is -0.462 e. The lowest BCUT2D eigenvalue weighted by molar-refractivity contribution is -0.141. The second-order valence-corrected chi connectivity index (χ2v) is 5.15. The lowest BCUT2D eigenvalue weighted by atomic mass is 9.85. The van der Waals surface area contributed by atoms with Gasteiger partial charge in [0.2, 0.25) is 0 Å². The summed E-state index contributed by atoms with van der Waals surface area (Å²) in [4.78, 5) is 11.9. The normalized spacial score (nSPS) is 24.1. The topological polar surface area (TPSA) is 26.3 Å². The van der Waals surface area contributed by atoms with Crippen molar-refractivity contribution < 1.29 is 9.53 Å². The molecule has 0 N–H and O–H groups in total. The second kappa shape index (κ2) is 8.12. The van der Waals surface area contributed by atoms with Gasteiger partial charge in [-0.05, 0) is 37.5 Å². The number of unbranched alkanes of at least 4 members (excludes halogenated alkanes) is 1. The minimum atomic E-state index is -0.118. The summed E-state index contributed by atoms with van der Waals surface area (Å²) in [5.74, 6) is 0.989. The van der Waals surface area contributed by atoms with Crippen LogP contribution >= 0.6 is 0 Å². The number of hydrogen-bond acceptors (Lipinski definition) is 2. The summed E-state index contributed by atoms with van der Waals surface area (Å²) in [6.45, 7) is 6.92. The third kappa shape index (κ3) is 4.67. The van der Waals surface area contributed by atoms with Gasteiger partial charge in [0.25, 0.3) is 0 Å². The predicted molar refractivity (Wildman–Crippen MR) is 75.3 cm³/mol. The van der Waals surface area contributed by atoms with Crippen molar-refractivity contribution >= 4 is 5.97 Å². The maximum Gasteiger partial charge on any atom is 0.333 e. The van der Waals surface area contributed by atoms with Crippen molar-refractivity contribution in [3.05, 3.63) is 23.8 Å². The average molecular weight is 250 g/mol. The van der Waals surface area contributed by atoms with E-state index in [2.05, 4.69) is 26.0 Å². The molecule has 2 nitrogen and oxygen atoms in total. The predicted octanol–water partition coefficient (Wildman–Crippen LogP) is 4.27. The van der Waals surface area contributed by atoms with Gasteiger partial charge in [0.15, 0.2) is 0 Å². The van der Waals surface area contributed by atoms with Crippen LogP contribution in [0.15, 0.2) is 23.8 Å². The molecule has 0 fully saturated rings. The molecule has 102 valence electrons. The number of hydrogen-bond donors (Lipinski definition) is 0. The molecule has 0 saturated carbocycles. The van der Waals surface area contributed by atoms with Gasteiger partial charge in [0, 0.05) is 5.57 Å². The van der Waals surface area contributed by atoms with E-state index in [1.165, 1.54) is 0 Å². The van der Waals surface area contributed by atoms with Crippen molar-refractivity contribution in [3.63, 3.8) is 0 Å². The summed E-state index contributed by atoms with van der Waals surface area (Å²) in [6, 6.07) is 0. The van der Waals surface area contributed by atoms with Gasteiger partial charge in [0.05, 0.1) is 6.61 Å². The van der Waals surface area contributed by atoms with E-state index in [4.69, 9.17) is 4.74 Å². The van der Waals surface area contributed by atoms with Crippen molar-refractivity contribution in [2.75, 3.05) is 6.61 Å². The fourth-order valence-corrected chi connectivity index (χ4v) is 2.20. The molecule has 0 spiro atoms. The molecule has 1 aliphatic carbocycles. The number of rotatable bonds is 6. The lowest BCUT2D eigenvalue weighted by Gasteiger charge is -2.24. The number of carbonyl (C=O) groups excluding carboxylic acids is 1. The quantitative estimate of drug-likeness (QED) is 0.400. The highest BCUT2D eigenvalue weighted by Crippen LogP contribution is 2.25. The zero-order valence-electron chi connectivity index (χ0n) is 11.9. The van der Waals surface area contributed by atoms with Crippen LogP contribution in [0.2, 0.25) is 0 Å². The van der Waals surface area contributed by atoms with E-state index in [1.807, 2.05) is 13.0 Å². The second-order valence-electron chi connectivity index (χ2n) is 5.15. The monoisotopic (exact) mass is 250 g/mol. The maximum atomic E-state index is 11.9. The third-order valence-corrected chi connectivity index (χ3v) is 3.67. The lowest BCUT2D eigenvalue weighted by Crippen LogP contribution is -2.22. The zero-order valence-corrected chi connectivity index (χ0v) is 11.9. The molecule has 18 heavy (non-hydrogen) atoms. The SMILES string of the molecule is CCC/C=C(/CC)C(=O)OC[C@@H]1CC=CC[C@H]1C. The standard InChI is InChI=1S/C16H26O2/c1-4-6-10-14(5-2)16(17)18-12-15-11-8-7-9-13(15)3/h7-8,10,13,15H,4-6,9,11-12H2,1-3H3/b14-10-/t13-,15+/m1/s1. The van der Waals surface area contributed by atoms with Crippen LogP contribution in [0.25, 0.3) is 0 Å². The molecule has 2 atom stereocenters. The van der Waals surface area contributed by atoms with E-state index in [9.17, 15) is 4.79 Å². The van der Waals surface area contributed by atoms with E-state index in [1.54, 1.807) is 0 Å². The Morgan fingerprint density at radius 3 is 2.67 bits per heavy atom. The van der Waals surface area contributed by atoms with Gasteiger partial charge < -0.3 is 4.74 Å². The smallest absolute Gasteiger partial charge is 0.333 e. The van der Waals surface area contributed by atoms with Gasteiger partial charge in [-0.25, -0.2) is 4.79 Å². The van der Waals surface area contributed by atoms with Crippen molar-refractivity contribution in [1.29, 1.82) is 0 Å². The Hall–Kier alpha value is -1.05. The molecule has 2 heteroatoms. The molecule has 1 aliphatic rings. The van der Waals surface area contributed by atoms with Gasteiger partial charge in [-0.15, -0.1) is 0 Å². The molecule has 0 heterocycles. The van der Waals surface area contributed by atoms with E-state index in [0.29, 0.717) is 18.4 Å². The highest BCUT2D eigenvalue weighted by Gasteiger charge is 2.20. The van der Waals surface area contributed by atoms with Gasteiger partial charge in [-0.2, -0.15) is 0 Å². The molecule has 0 aromatic rings. The van der Waals surface area contributed by atoms with Gasteiger partial charge in [-0.1, -0.05) is 45.4 Å². The molecule has 0 saturated heterocycles. The molecule has 0 aromatic heterocycles. The molecule has 0 bridgehead atoms. The van der Waals surface area contributed by atoms with Crippen LogP contribution in [0.4, 0.5) is 0 Å². The van der Waals surface area contributed by atoms with Crippen LogP contribution in [0.3, 0.4) is 0 Å². The van der Waals surface area contributed by atoms with Crippen molar-refractivity contribution in [2.45, 2.75) is 52.9 Å². The molecular formula is C16H26O2. The molecule has 0 aliphatic heterocycles. The summed E-state index contributed by atoms with van der Waals surface area (Å²) >= 11 is 0. The largest absolute Gasteiger partial charge is 0.462 e. The molecular weight excluding hydrogens is 224 g/mol. The van der Waals surface area contributed by atoms with Crippen molar-refractivity contribution in [3.8, 4) is 0 Å². The summed E-state index contributed by atoms with van der Waals surface area (Å²) in [6.07, 6.45) is 11.4. The first-order valence-corrected chi connectivity index (χ1v) is 7.20. The van der Waals surface area contributed by atoms with Crippen LogP contribution in [0, 0.1) is 11.8 Å². The third-order valence-electron chi connectivity index (χ3n) is 3.67. The first-order chi connectivity index (χ1) is 8.69. The minimum absolute atomic E-state index is 0.118. The van der Waals surface area contributed by atoms with Crippen LogP contribution in [-0.2, 0) is 9.53 Å². The van der Waals surface area contributed by atoms with Gasteiger partial charge in [-0.3, -0.25) is 0 Å². The fourth-order valence-electron chi connectivity index (χ4n) is 2.20. The van der Waals surface area contributed by atoms with Crippen LogP contribution in [0.5, 0.6) is 0 Å². The molecule has 0 aromatic carbocycles. The Morgan fingerprint density at radius 1 is 1.33 bits per heavy atom. The number of esters is 1. The summed E-state index contributed by atoms with van der Waals surface area (Å²) < 4.78 is 5.46. The Bertz CT molecular complexity index is 315. The molecule has 1 rings (SSSR count). The Morgan fingerprint density at radius 2 is 2.06 bits per heavy atom. The van der Waals surface area contributed by atoms with E-state index >= 15 is 0 Å². The highest BCUT2D eigenvalue weighted by atomic mass is 16.5. The average Bonchev–Trinajstić information content (AvgIpc) is 2.38. The Kier molecular flexibility index (Phi) is 6.77. The van der Waals surface area contributed by atoms with E-state index in [-0.39, 0.29) is 5.97 Å². The zero-order chi connectivity index (χ0) is 13.4. The maximum absolute atomic E-state index is 11.9. The van der Waals surface area contributed by atoms with Crippen LogP contribution in [-0.4, -0.2) is 12.6 Å². The Balaban J connectivity index is 2.42. The first kappa shape index (κ1) is 15.0. The van der Waals surface area contributed by atoms with Crippen LogP contribution < -0.4 is 0 Å². The Labute approximate surface area is 111 Å². The van der Waals surface area contributed by atoms with E-state index < -0.39 is 0 Å². The molecule has 0 radical (unpaired) electrons. The summed E-state index contributed by atoms with van der Waals surface area (Å²) in [5, 5.41) is 0. The molecule has 0 amide bonds. The summed E-state index contributed by atoms with van der Waals surface area (Å²) in [7, 11) is 0. The summed E-state index contributed by atoms with van der Waals surface area (Å²) in [5.41, 5.74) is 0.829. The number of ether oxygens (including phenoxy) is 1. The first-order valence-electron chi connectivity index (χ1n) is 7.20. The van der Waals surface area contributed by atoms with Crippen LogP contribution in [0.1, 0.15) is 52.9 Å². The van der Waals surface area contributed by atoms with Crippen molar-refractivity contribution in [1.82, 2.24) is 0 Å². The van der Waals surface area contributed by atoms with Gasteiger partial charge >= 0.3 is 5.97 Å². The fraction of sp³-hybridized carbons (Fsp3) is 0.688. The van der Waals surface area contributed by atoms with Gasteiger partial charge in [0.1, 0.15) is 0 Å². The van der Waals surface area contributed by atoms with Crippen molar-refractivity contribution in [2.24, 2.45) is 11.8 Å². The van der Waals surface area contributed by atoms with E-state index in [0.717, 1.165) is 37.7 Å². The number of allylic oxidation sites excluding steroid dienone is 3.